The van der Waals surface area contributed by atoms with Crippen LogP contribution in [0.1, 0.15) is 70.5 Å². The lowest BCUT2D eigenvalue weighted by atomic mass is 9.94. The van der Waals surface area contributed by atoms with Crippen molar-refractivity contribution in [1.82, 2.24) is 10.1 Å². The van der Waals surface area contributed by atoms with Crippen LogP contribution in [0.25, 0.3) is 0 Å². The molecular weight excluding hydrogens is 258 g/mol. The predicted molar refractivity (Wildman–Crippen MR) is 78.9 cm³/mol. The third kappa shape index (κ3) is 3.72. The molecule has 0 atom stereocenters. The third-order valence-corrected chi connectivity index (χ3v) is 5.52. The first-order chi connectivity index (χ1) is 9.18. The minimum atomic E-state index is -0.458. The fourth-order valence-electron chi connectivity index (χ4n) is 2.49. The molecule has 1 saturated carbocycles. The zero-order chi connectivity index (χ0) is 13.7. The summed E-state index contributed by atoms with van der Waals surface area (Å²) in [5, 5.41) is 4.85. The molecule has 0 aliphatic heterocycles. The smallest absolute Gasteiger partial charge is 0.246 e. The van der Waals surface area contributed by atoms with Gasteiger partial charge in [-0.05, 0) is 25.7 Å². The average Bonchev–Trinajstić information content (AvgIpc) is 2.95. The molecule has 1 aromatic rings. The molecule has 1 aliphatic carbocycles. The van der Waals surface area contributed by atoms with Gasteiger partial charge in [0.2, 0.25) is 5.89 Å². The number of nitrogens with zero attached hydrogens (tertiary/aromatic N) is 2. The van der Waals surface area contributed by atoms with E-state index >= 15 is 0 Å². The van der Waals surface area contributed by atoms with E-state index in [4.69, 9.17) is 10.3 Å². The summed E-state index contributed by atoms with van der Waals surface area (Å²) in [7, 11) is 0. The van der Waals surface area contributed by atoms with E-state index in [0.717, 1.165) is 29.7 Å². The molecule has 1 heterocycles. The first-order valence-electron chi connectivity index (χ1n) is 7.41. The summed E-state index contributed by atoms with van der Waals surface area (Å²) in [6, 6.07) is 0. The zero-order valence-corrected chi connectivity index (χ0v) is 12.8. The van der Waals surface area contributed by atoms with Gasteiger partial charge in [0.25, 0.3) is 0 Å². The van der Waals surface area contributed by atoms with Crippen molar-refractivity contribution >= 4 is 11.8 Å². The molecule has 0 aromatic carbocycles. The summed E-state index contributed by atoms with van der Waals surface area (Å²) >= 11 is 1.96. The quantitative estimate of drug-likeness (QED) is 0.864. The molecule has 0 unspecified atom stereocenters. The highest BCUT2D eigenvalue weighted by Gasteiger charge is 2.30. The van der Waals surface area contributed by atoms with Crippen LogP contribution >= 0.6 is 11.8 Å². The van der Waals surface area contributed by atoms with Gasteiger partial charge in [0, 0.05) is 5.25 Å². The van der Waals surface area contributed by atoms with E-state index in [1.807, 2.05) is 11.8 Å². The van der Waals surface area contributed by atoms with Gasteiger partial charge in [0.15, 0.2) is 5.82 Å². The van der Waals surface area contributed by atoms with E-state index in [-0.39, 0.29) is 0 Å². The summed E-state index contributed by atoms with van der Waals surface area (Å²) in [6.45, 7) is 4.12. The van der Waals surface area contributed by atoms with Gasteiger partial charge in [-0.1, -0.05) is 38.3 Å². The average molecular weight is 283 g/mol. The Morgan fingerprint density at radius 1 is 1.26 bits per heavy atom. The standard InChI is InChI=1S/C14H25N3OS/c1-3-14(15,4-2)13-16-12(17-18-13)10-19-11-8-6-5-7-9-11/h11H,3-10,15H2,1-2H3. The molecule has 0 saturated heterocycles. The second-order valence-electron chi connectivity index (χ2n) is 5.45. The minimum Gasteiger partial charge on any atom is -0.337 e. The van der Waals surface area contributed by atoms with Gasteiger partial charge in [-0.25, -0.2) is 0 Å². The number of thioether (sulfide) groups is 1. The summed E-state index contributed by atoms with van der Waals surface area (Å²) in [5.41, 5.74) is 5.81. The summed E-state index contributed by atoms with van der Waals surface area (Å²) in [5.74, 6) is 2.23. The van der Waals surface area contributed by atoms with Crippen molar-refractivity contribution in [3.8, 4) is 0 Å². The van der Waals surface area contributed by atoms with Crippen molar-refractivity contribution in [2.45, 2.75) is 75.3 Å². The Morgan fingerprint density at radius 2 is 1.95 bits per heavy atom. The number of rotatable bonds is 6. The predicted octanol–water partition coefficient (Wildman–Crippen LogP) is 3.61. The minimum absolute atomic E-state index is 0.458. The molecule has 1 aromatic heterocycles. The van der Waals surface area contributed by atoms with Crippen molar-refractivity contribution in [3.63, 3.8) is 0 Å². The van der Waals surface area contributed by atoms with Crippen LogP contribution in [-0.2, 0) is 11.3 Å². The molecule has 5 heteroatoms. The van der Waals surface area contributed by atoms with Crippen molar-refractivity contribution < 1.29 is 4.52 Å². The third-order valence-electron chi connectivity index (χ3n) is 4.16. The maximum atomic E-state index is 6.27. The maximum absolute atomic E-state index is 6.27. The SMILES string of the molecule is CCC(N)(CC)c1nc(CSC2CCCCC2)no1. The molecule has 108 valence electrons. The lowest BCUT2D eigenvalue weighted by Crippen LogP contribution is -2.35. The Hall–Kier alpha value is -0.550. The van der Waals surface area contributed by atoms with Crippen LogP contribution in [0.15, 0.2) is 4.52 Å². The normalized spacial score (nSPS) is 17.8. The highest BCUT2D eigenvalue weighted by molar-refractivity contribution is 7.99. The van der Waals surface area contributed by atoms with E-state index in [0.29, 0.717) is 5.89 Å². The van der Waals surface area contributed by atoms with Crippen LogP contribution in [0.3, 0.4) is 0 Å². The molecular formula is C14H25N3OS. The fraction of sp³-hybridized carbons (Fsp3) is 0.857. The van der Waals surface area contributed by atoms with Gasteiger partial charge < -0.3 is 10.3 Å². The van der Waals surface area contributed by atoms with Crippen molar-refractivity contribution in [1.29, 1.82) is 0 Å². The topological polar surface area (TPSA) is 64.9 Å². The number of hydrogen-bond acceptors (Lipinski definition) is 5. The van der Waals surface area contributed by atoms with E-state index in [2.05, 4.69) is 24.0 Å². The lowest BCUT2D eigenvalue weighted by molar-refractivity contribution is 0.267. The molecule has 4 nitrogen and oxygen atoms in total. The van der Waals surface area contributed by atoms with Crippen molar-refractivity contribution in [2.75, 3.05) is 0 Å². The van der Waals surface area contributed by atoms with Gasteiger partial charge in [-0.15, -0.1) is 0 Å². The molecule has 2 rings (SSSR count). The second-order valence-corrected chi connectivity index (χ2v) is 6.74. The van der Waals surface area contributed by atoms with Crippen LogP contribution in [0, 0.1) is 0 Å². The summed E-state index contributed by atoms with van der Waals surface area (Å²) < 4.78 is 5.35. The van der Waals surface area contributed by atoms with Gasteiger partial charge in [-0.3, -0.25) is 0 Å². The molecule has 2 N–H and O–H groups in total. The Labute approximate surface area is 119 Å². The van der Waals surface area contributed by atoms with Crippen LogP contribution in [-0.4, -0.2) is 15.4 Å². The first-order valence-corrected chi connectivity index (χ1v) is 8.46. The Balaban J connectivity index is 1.90. The Bertz CT molecular complexity index is 384. The zero-order valence-electron chi connectivity index (χ0n) is 12.0. The Kier molecular flexibility index (Phi) is 5.28. The summed E-state index contributed by atoms with van der Waals surface area (Å²) in [6.07, 6.45) is 8.44. The van der Waals surface area contributed by atoms with Crippen LogP contribution in [0.2, 0.25) is 0 Å². The number of nitrogens with two attached hydrogens (primary N) is 1. The summed E-state index contributed by atoms with van der Waals surface area (Å²) in [4.78, 5) is 4.48. The van der Waals surface area contributed by atoms with E-state index in [1.165, 1.54) is 32.1 Å². The van der Waals surface area contributed by atoms with Crippen molar-refractivity contribution in [3.05, 3.63) is 11.7 Å². The maximum Gasteiger partial charge on any atom is 0.246 e. The monoisotopic (exact) mass is 283 g/mol. The van der Waals surface area contributed by atoms with Gasteiger partial charge in [0.1, 0.15) is 0 Å². The Morgan fingerprint density at radius 3 is 2.58 bits per heavy atom. The lowest BCUT2D eigenvalue weighted by Gasteiger charge is -2.21. The van der Waals surface area contributed by atoms with Crippen LogP contribution < -0.4 is 5.73 Å². The second kappa shape index (κ2) is 6.75. The van der Waals surface area contributed by atoms with Crippen LogP contribution in [0.4, 0.5) is 0 Å². The highest BCUT2D eigenvalue weighted by atomic mass is 32.2. The van der Waals surface area contributed by atoms with E-state index in [9.17, 15) is 0 Å². The molecule has 0 spiro atoms. The first kappa shape index (κ1) is 14.9. The van der Waals surface area contributed by atoms with E-state index < -0.39 is 5.54 Å². The van der Waals surface area contributed by atoms with Crippen molar-refractivity contribution in [2.24, 2.45) is 5.73 Å². The largest absolute Gasteiger partial charge is 0.337 e. The molecule has 0 bridgehead atoms. The fourth-order valence-corrected chi connectivity index (χ4v) is 3.66. The molecule has 0 radical (unpaired) electrons. The number of hydrogen-bond donors (Lipinski definition) is 1. The molecule has 1 fully saturated rings. The number of aromatic nitrogens is 2. The van der Waals surface area contributed by atoms with Gasteiger partial charge in [-0.2, -0.15) is 16.7 Å². The molecule has 1 aliphatic rings. The molecule has 19 heavy (non-hydrogen) atoms. The van der Waals surface area contributed by atoms with E-state index in [1.54, 1.807) is 0 Å². The van der Waals surface area contributed by atoms with Crippen LogP contribution in [0.5, 0.6) is 0 Å². The highest BCUT2D eigenvalue weighted by Crippen LogP contribution is 2.30. The van der Waals surface area contributed by atoms with Gasteiger partial charge in [0.05, 0.1) is 11.3 Å². The van der Waals surface area contributed by atoms with Gasteiger partial charge >= 0.3 is 0 Å². The molecule has 0 amide bonds.